The predicted octanol–water partition coefficient (Wildman–Crippen LogP) is 4.09. The normalized spacial score (nSPS) is 15.6. The summed E-state index contributed by atoms with van der Waals surface area (Å²) in [4.78, 5) is 27.5. The zero-order valence-corrected chi connectivity index (χ0v) is 15.8. The van der Waals surface area contributed by atoms with Crippen LogP contribution in [-0.4, -0.2) is 29.4 Å². The van der Waals surface area contributed by atoms with Gasteiger partial charge in [-0.2, -0.15) is 8.78 Å². The van der Waals surface area contributed by atoms with Crippen molar-refractivity contribution in [3.05, 3.63) is 83.8 Å². The van der Waals surface area contributed by atoms with Crippen molar-refractivity contribution < 1.29 is 27.5 Å². The minimum Gasteiger partial charge on any atom is -0.459 e. The molecular formula is C22H18F2N2O4. The number of nitrogens with one attached hydrogen (secondary N) is 1. The molecule has 1 unspecified atom stereocenters. The second-order valence-electron chi connectivity index (χ2n) is 6.79. The number of halogens is 2. The molecule has 2 amide bonds. The quantitative estimate of drug-likeness (QED) is 0.685. The highest BCUT2D eigenvalue weighted by molar-refractivity contribution is 6.00. The van der Waals surface area contributed by atoms with E-state index < -0.39 is 12.7 Å². The highest BCUT2D eigenvalue weighted by Crippen LogP contribution is 2.26. The fourth-order valence-corrected chi connectivity index (χ4v) is 3.46. The Hall–Kier alpha value is -3.68. The summed E-state index contributed by atoms with van der Waals surface area (Å²) in [7, 11) is 0. The first kappa shape index (κ1) is 19.6. The average molecular weight is 412 g/mol. The molecule has 1 aromatic heterocycles. The number of alkyl halides is 2. The van der Waals surface area contributed by atoms with E-state index in [0.717, 1.165) is 11.1 Å². The summed E-state index contributed by atoms with van der Waals surface area (Å²) in [6, 6.07) is 15.6. The lowest BCUT2D eigenvalue weighted by Crippen LogP contribution is -2.50. The molecule has 30 heavy (non-hydrogen) atoms. The minimum atomic E-state index is -2.92. The van der Waals surface area contributed by atoms with Gasteiger partial charge in [-0.1, -0.05) is 24.3 Å². The van der Waals surface area contributed by atoms with Gasteiger partial charge in [0, 0.05) is 18.7 Å². The lowest BCUT2D eigenvalue weighted by atomic mass is 9.93. The molecule has 3 aromatic rings. The zero-order chi connectivity index (χ0) is 21.1. The van der Waals surface area contributed by atoms with Gasteiger partial charge in [0.2, 0.25) is 5.91 Å². The molecule has 0 bridgehead atoms. The Morgan fingerprint density at radius 2 is 1.77 bits per heavy atom. The monoisotopic (exact) mass is 412 g/mol. The fraction of sp³-hybridized carbons (Fsp3) is 0.182. The maximum atomic E-state index is 13.0. The van der Waals surface area contributed by atoms with Crippen LogP contribution in [0.25, 0.3) is 0 Å². The van der Waals surface area contributed by atoms with Gasteiger partial charge in [-0.3, -0.25) is 9.59 Å². The van der Waals surface area contributed by atoms with Crippen molar-refractivity contribution in [1.82, 2.24) is 4.90 Å². The van der Waals surface area contributed by atoms with Gasteiger partial charge < -0.3 is 19.4 Å². The fourth-order valence-electron chi connectivity index (χ4n) is 3.46. The number of nitrogens with zero attached hydrogens (tertiary/aromatic N) is 1. The summed E-state index contributed by atoms with van der Waals surface area (Å²) >= 11 is 0. The molecule has 0 saturated carbocycles. The van der Waals surface area contributed by atoms with Crippen molar-refractivity contribution in [3.8, 4) is 5.75 Å². The second kappa shape index (κ2) is 8.36. The number of carbonyl (C=O) groups excluding carboxylic acids is 2. The number of hydrogen-bond donors (Lipinski definition) is 1. The first-order chi connectivity index (χ1) is 14.5. The van der Waals surface area contributed by atoms with Gasteiger partial charge in [0.25, 0.3) is 5.91 Å². The molecule has 4 rings (SSSR count). The maximum absolute atomic E-state index is 13.0. The Bertz CT molecular complexity index is 1040. The Balaban J connectivity index is 1.56. The molecule has 0 spiro atoms. The van der Waals surface area contributed by atoms with Crippen molar-refractivity contribution in [2.24, 2.45) is 0 Å². The van der Waals surface area contributed by atoms with E-state index in [-0.39, 0.29) is 29.9 Å². The lowest BCUT2D eigenvalue weighted by Gasteiger charge is -2.35. The van der Waals surface area contributed by atoms with Gasteiger partial charge in [0.05, 0.1) is 6.26 Å². The summed E-state index contributed by atoms with van der Waals surface area (Å²) < 4.78 is 34.1. The average Bonchev–Trinajstić information content (AvgIpc) is 3.28. The number of anilines is 1. The van der Waals surface area contributed by atoms with Crippen LogP contribution >= 0.6 is 0 Å². The highest BCUT2D eigenvalue weighted by atomic mass is 19.3. The Morgan fingerprint density at radius 3 is 2.43 bits per heavy atom. The minimum absolute atomic E-state index is 0.00998. The molecule has 0 fully saturated rings. The molecule has 1 aliphatic heterocycles. The summed E-state index contributed by atoms with van der Waals surface area (Å²) in [5.41, 5.74) is 2.36. The van der Waals surface area contributed by atoms with Gasteiger partial charge in [0.1, 0.15) is 11.8 Å². The molecule has 154 valence electrons. The van der Waals surface area contributed by atoms with Crippen LogP contribution in [0.1, 0.15) is 21.7 Å². The predicted molar refractivity (Wildman–Crippen MR) is 104 cm³/mol. The molecule has 1 atom stereocenters. The second-order valence-corrected chi connectivity index (χ2v) is 6.79. The zero-order valence-electron chi connectivity index (χ0n) is 15.8. The van der Waals surface area contributed by atoms with Crippen molar-refractivity contribution in [2.45, 2.75) is 25.6 Å². The van der Waals surface area contributed by atoms with E-state index in [4.69, 9.17) is 4.42 Å². The van der Waals surface area contributed by atoms with Crippen molar-refractivity contribution >= 4 is 17.5 Å². The topological polar surface area (TPSA) is 71.8 Å². The van der Waals surface area contributed by atoms with E-state index in [1.165, 1.54) is 35.4 Å². The molecule has 0 radical (unpaired) electrons. The third-order valence-electron chi connectivity index (χ3n) is 4.89. The van der Waals surface area contributed by atoms with Crippen LogP contribution < -0.4 is 10.1 Å². The van der Waals surface area contributed by atoms with Crippen LogP contribution in [0.15, 0.2) is 71.3 Å². The molecular weight excluding hydrogens is 394 g/mol. The van der Waals surface area contributed by atoms with Gasteiger partial charge in [-0.05, 0) is 47.5 Å². The maximum Gasteiger partial charge on any atom is 0.387 e. The van der Waals surface area contributed by atoms with Crippen molar-refractivity contribution in [1.29, 1.82) is 0 Å². The molecule has 6 nitrogen and oxygen atoms in total. The largest absolute Gasteiger partial charge is 0.459 e. The standard InChI is InChI=1S/C22H18F2N2O4/c23-22(24)30-17-9-7-16(8-10-17)25-20(27)18-12-14-4-1-2-5-15(14)13-26(18)21(28)19-6-3-11-29-19/h1-11,18,22H,12-13H2,(H,25,27). The summed E-state index contributed by atoms with van der Waals surface area (Å²) in [5, 5.41) is 2.75. The number of ether oxygens (including phenoxy) is 1. The molecule has 0 aliphatic carbocycles. The van der Waals surface area contributed by atoms with Gasteiger partial charge in [-0.15, -0.1) is 0 Å². The number of fused-ring (bicyclic) bond motifs is 1. The number of hydrogen-bond acceptors (Lipinski definition) is 4. The number of amides is 2. The number of benzene rings is 2. The molecule has 1 N–H and O–H groups in total. The van der Waals surface area contributed by atoms with E-state index in [1.54, 1.807) is 12.1 Å². The van der Waals surface area contributed by atoms with E-state index in [9.17, 15) is 18.4 Å². The van der Waals surface area contributed by atoms with Crippen LogP contribution in [0.3, 0.4) is 0 Å². The third-order valence-corrected chi connectivity index (χ3v) is 4.89. The first-order valence-electron chi connectivity index (χ1n) is 9.28. The van der Waals surface area contributed by atoms with E-state index in [0.29, 0.717) is 12.1 Å². The lowest BCUT2D eigenvalue weighted by molar-refractivity contribution is -0.121. The van der Waals surface area contributed by atoms with Gasteiger partial charge in [0.15, 0.2) is 5.76 Å². The SMILES string of the molecule is O=C(Nc1ccc(OC(F)F)cc1)C1Cc2ccccc2CN1C(=O)c1ccco1. The van der Waals surface area contributed by atoms with E-state index in [1.807, 2.05) is 24.3 Å². The van der Waals surface area contributed by atoms with Crippen LogP contribution in [0, 0.1) is 0 Å². The Labute approximate surface area is 171 Å². The molecule has 8 heteroatoms. The third kappa shape index (κ3) is 4.17. The Kier molecular flexibility index (Phi) is 5.47. The highest BCUT2D eigenvalue weighted by Gasteiger charge is 2.36. The van der Waals surface area contributed by atoms with Gasteiger partial charge in [-0.25, -0.2) is 0 Å². The molecule has 1 aliphatic rings. The van der Waals surface area contributed by atoms with Crippen molar-refractivity contribution in [2.75, 3.05) is 5.32 Å². The van der Waals surface area contributed by atoms with Gasteiger partial charge >= 0.3 is 6.61 Å². The number of rotatable bonds is 5. The Morgan fingerprint density at radius 1 is 1.03 bits per heavy atom. The van der Waals surface area contributed by atoms with Crippen LogP contribution in [0.5, 0.6) is 5.75 Å². The van der Waals surface area contributed by atoms with Crippen LogP contribution in [0.4, 0.5) is 14.5 Å². The molecule has 2 heterocycles. The van der Waals surface area contributed by atoms with E-state index >= 15 is 0 Å². The summed E-state index contributed by atoms with van der Waals surface area (Å²) in [5.74, 6) is -0.618. The summed E-state index contributed by atoms with van der Waals surface area (Å²) in [6.07, 6.45) is 1.75. The number of furan rings is 1. The summed E-state index contributed by atoms with van der Waals surface area (Å²) in [6.45, 7) is -2.65. The smallest absolute Gasteiger partial charge is 0.387 e. The van der Waals surface area contributed by atoms with Crippen LogP contribution in [0.2, 0.25) is 0 Å². The molecule has 2 aromatic carbocycles. The van der Waals surface area contributed by atoms with Crippen molar-refractivity contribution in [3.63, 3.8) is 0 Å². The molecule has 0 saturated heterocycles. The number of carbonyl (C=O) groups is 2. The van der Waals surface area contributed by atoms with Crippen LogP contribution in [-0.2, 0) is 17.8 Å². The first-order valence-corrected chi connectivity index (χ1v) is 9.28. The van der Waals surface area contributed by atoms with E-state index in [2.05, 4.69) is 10.1 Å².